The number of hydrogen-bond donors (Lipinski definition) is 1. The number of hydrogen-bond acceptors (Lipinski definition) is 3. The van der Waals surface area contributed by atoms with E-state index >= 15 is 0 Å². The highest BCUT2D eigenvalue weighted by molar-refractivity contribution is 9.10. The number of benzene rings is 2. The van der Waals surface area contributed by atoms with Crippen LogP contribution in [0.4, 0.5) is 0 Å². The summed E-state index contributed by atoms with van der Waals surface area (Å²) in [5, 5.41) is 12.2. The highest BCUT2D eigenvalue weighted by Crippen LogP contribution is 2.38. The number of rotatable bonds is 0. The predicted molar refractivity (Wildman–Crippen MR) is 81.4 cm³/mol. The van der Waals surface area contributed by atoms with Crippen molar-refractivity contribution in [3.05, 3.63) is 50.3 Å². The summed E-state index contributed by atoms with van der Waals surface area (Å²) in [6.45, 7) is 0. The number of aromatic hydroxyl groups is 1. The third kappa shape index (κ3) is 1.54. The largest absolute Gasteiger partial charge is 0.507 e. The average molecular weight is 331 g/mol. The highest BCUT2D eigenvalue weighted by Gasteiger charge is 2.21. The molecule has 4 heteroatoms. The molecule has 1 aromatic heterocycles. The lowest BCUT2D eigenvalue weighted by atomic mass is 9.98. The van der Waals surface area contributed by atoms with Crippen LogP contribution in [0.2, 0.25) is 0 Å². The second kappa shape index (κ2) is 4.09. The molecule has 4 rings (SSSR count). The zero-order valence-corrected chi connectivity index (χ0v) is 12.2. The summed E-state index contributed by atoms with van der Waals surface area (Å²) in [7, 11) is 0. The van der Waals surface area contributed by atoms with Crippen LogP contribution < -0.4 is 5.63 Å². The smallest absolute Gasteiger partial charge is 0.347 e. The molecule has 0 saturated heterocycles. The van der Waals surface area contributed by atoms with Gasteiger partial charge in [-0.15, -0.1) is 0 Å². The van der Waals surface area contributed by atoms with E-state index in [9.17, 15) is 9.90 Å². The summed E-state index contributed by atoms with van der Waals surface area (Å²) in [6.07, 6.45) is 2.95. The molecule has 100 valence electrons. The number of phenolic OH excluding ortho intramolecular Hbond substituents is 1. The fourth-order valence-electron chi connectivity index (χ4n) is 3.17. The SMILES string of the molecule is O=c1oc2ccc(Br)cc2c2c3c(cc(O)c12)CCC3. The molecule has 0 atom stereocenters. The van der Waals surface area contributed by atoms with E-state index in [0.717, 1.165) is 40.1 Å². The third-order valence-electron chi connectivity index (χ3n) is 4.00. The van der Waals surface area contributed by atoms with Gasteiger partial charge in [0, 0.05) is 15.2 Å². The minimum Gasteiger partial charge on any atom is -0.507 e. The van der Waals surface area contributed by atoms with E-state index in [2.05, 4.69) is 15.9 Å². The van der Waals surface area contributed by atoms with Crippen molar-refractivity contribution in [1.29, 1.82) is 0 Å². The van der Waals surface area contributed by atoms with Crippen molar-refractivity contribution in [1.82, 2.24) is 0 Å². The van der Waals surface area contributed by atoms with Gasteiger partial charge in [-0.2, -0.15) is 0 Å². The Kier molecular flexibility index (Phi) is 2.45. The lowest BCUT2D eigenvalue weighted by Crippen LogP contribution is -2.02. The minimum absolute atomic E-state index is 0.0243. The lowest BCUT2D eigenvalue weighted by Gasteiger charge is -2.10. The fraction of sp³-hybridized carbons (Fsp3) is 0.188. The van der Waals surface area contributed by atoms with Crippen LogP contribution in [0.15, 0.2) is 37.9 Å². The Morgan fingerprint density at radius 3 is 2.85 bits per heavy atom. The molecule has 0 saturated carbocycles. The molecule has 0 bridgehead atoms. The maximum atomic E-state index is 12.2. The summed E-state index contributed by atoms with van der Waals surface area (Å²) < 4.78 is 6.26. The van der Waals surface area contributed by atoms with Crippen LogP contribution in [0.5, 0.6) is 5.75 Å². The van der Waals surface area contributed by atoms with Crippen LogP contribution in [0.3, 0.4) is 0 Å². The summed E-state index contributed by atoms with van der Waals surface area (Å²) in [6, 6.07) is 7.29. The van der Waals surface area contributed by atoms with Gasteiger partial charge in [0.05, 0.1) is 0 Å². The quantitative estimate of drug-likeness (QED) is 0.502. The Bertz CT molecular complexity index is 925. The molecule has 0 amide bonds. The van der Waals surface area contributed by atoms with Crippen molar-refractivity contribution in [3.63, 3.8) is 0 Å². The fourth-order valence-corrected chi connectivity index (χ4v) is 3.53. The van der Waals surface area contributed by atoms with Crippen molar-refractivity contribution in [3.8, 4) is 5.75 Å². The average Bonchev–Trinajstić information content (AvgIpc) is 2.86. The number of fused-ring (bicyclic) bond motifs is 5. The number of phenols is 1. The Labute approximate surface area is 123 Å². The summed E-state index contributed by atoms with van der Waals surface area (Å²) >= 11 is 3.45. The first kappa shape index (κ1) is 12.0. The van der Waals surface area contributed by atoms with Gasteiger partial charge in [-0.1, -0.05) is 15.9 Å². The molecule has 0 radical (unpaired) electrons. The van der Waals surface area contributed by atoms with Gasteiger partial charge >= 0.3 is 5.63 Å². The van der Waals surface area contributed by atoms with E-state index in [1.165, 1.54) is 5.56 Å². The van der Waals surface area contributed by atoms with Crippen LogP contribution in [0, 0.1) is 0 Å². The van der Waals surface area contributed by atoms with Gasteiger partial charge in [-0.05, 0) is 54.7 Å². The van der Waals surface area contributed by atoms with E-state index in [1.54, 1.807) is 12.1 Å². The summed E-state index contributed by atoms with van der Waals surface area (Å²) in [4.78, 5) is 12.2. The first-order valence-electron chi connectivity index (χ1n) is 6.55. The third-order valence-corrected chi connectivity index (χ3v) is 4.49. The van der Waals surface area contributed by atoms with Crippen LogP contribution in [0.25, 0.3) is 21.7 Å². The Hall–Kier alpha value is -1.81. The van der Waals surface area contributed by atoms with Gasteiger partial charge in [-0.3, -0.25) is 0 Å². The van der Waals surface area contributed by atoms with Crippen LogP contribution in [0.1, 0.15) is 17.5 Å². The second-order valence-corrected chi connectivity index (χ2v) is 6.08. The topological polar surface area (TPSA) is 50.4 Å². The highest BCUT2D eigenvalue weighted by atomic mass is 79.9. The predicted octanol–water partition coefficient (Wildman–Crippen LogP) is 3.90. The molecule has 0 unspecified atom stereocenters. The van der Waals surface area contributed by atoms with E-state index in [1.807, 2.05) is 12.1 Å². The maximum Gasteiger partial charge on any atom is 0.347 e. The van der Waals surface area contributed by atoms with Crippen LogP contribution >= 0.6 is 15.9 Å². The summed E-state index contributed by atoms with van der Waals surface area (Å²) in [5.74, 6) is 0.0243. The van der Waals surface area contributed by atoms with Crippen molar-refractivity contribution in [2.24, 2.45) is 0 Å². The molecular weight excluding hydrogens is 320 g/mol. The standard InChI is InChI=1S/C16H11BrO3/c17-9-4-5-13-11(7-9)14-10-3-1-2-8(10)6-12(18)15(14)16(19)20-13/h4-7,18H,1-3H2. The molecule has 0 aliphatic heterocycles. The molecule has 1 aliphatic rings. The monoisotopic (exact) mass is 330 g/mol. The van der Waals surface area contributed by atoms with E-state index in [0.29, 0.717) is 11.0 Å². The molecule has 0 fully saturated rings. The Balaban J connectivity index is 2.36. The molecule has 1 aliphatic carbocycles. The Morgan fingerprint density at radius 1 is 1.15 bits per heavy atom. The first-order chi connectivity index (χ1) is 9.65. The molecule has 3 nitrogen and oxygen atoms in total. The van der Waals surface area contributed by atoms with E-state index in [4.69, 9.17) is 4.42 Å². The van der Waals surface area contributed by atoms with E-state index < -0.39 is 5.63 Å². The zero-order chi connectivity index (χ0) is 13.9. The number of aryl methyl sites for hydroxylation is 2. The van der Waals surface area contributed by atoms with Crippen molar-refractivity contribution >= 4 is 37.7 Å². The van der Waals surface area contributed by atoms with Gasteiger partial charge < -0.3 is 9.52 Å². The maximum absolute atomic E-state index is 12.2. The van der Waals surface area contributed by atoms with Gasteiger partial charge in [0.2, 0.25) is 0 Å². The van der Waals surface area contributed by atoms with E-state index in [-0.39, 0.29) is 5.75 Å². The van der Waals surface area contributed by atoms with Crippen LogP contribution in [-0.2, 0) is 12.8 Å². The molecule has 1 heterocycles. The van der Waals surface area contributed by atoms with Gasteiger partial charge in [0.25, 0.3) is 0 Å². The molecule has 1 N–H and O–H groups in total. The van der Waals surface area contributed by atoms with Crippen molar-refractivity contribution in [2.45, 2.75) is 19.3 Å². The van der Waals surface area contributed by atoms with Gasteiger partial charge in [-0.25, -0.2) is 4.79 Å². The first-order valence-corrected chi connectivity index (χ1v) is 7.34. The zero-order valence-electron chi connectivity index (χ0n) is 10.6. The van der Waals surface area contributed by atoms with Gasteiger partial charge in [0.1, 0.15) is 16.7 Å². The lowest BCUT2D eigenvalue weighted by molar-refractivity contribution is 0.477. The number of halogens is 1. The Morgan fingerprint density at radius 2 is 2.00 bits per heavy atom. The molecule has 2 aromatic carbocycles. The minimum atomic E-state index is -0.470. The molecule has 0 spiro atoms. The van der Waals surface area contributed by atoms with Gasteiger partial charge in [0.15, 0.2) is 0 Å². The molecular formula is C16H11BrO3. The van der Waals surface area contributed by atoms with Crippen LogP contribution in [-0.4, -0.2) is 5.11 Å². The van der Waals surface area contributed by atoms with Crippen molar-refractivity contribution < 1.29 is 9.52 Å². The van der Waals surface area contributed by atoms with Crippen molar-refractivity contribution in [2.75, 3.05) is 0 Å². The molecule has 3 aromatic rings. The summed E-state index contributed by atoms with van der Waals surface area (Å²) in [5.41, 5.74) is 2.41. The molecule has 20 heavy (non-hydrogen) atoms. The normalized spacial score (nSPS) is 14.1. The second-order valence-electron chi connectivity index (χ2n) is 5.17.